The number of benzene rings is 2. The van der Waals surface area contributed by atoms with Crippen molar-refractivity contribution < 1.29 is 19.3 Å². The minimum atomic E-state index is 0.145. The fourth-order valence-electron chi connectivity index (χ4n) is 3.49. The molecule has 1 unspecified atom stereocenters. The lowest BCUT2D eigenvalue weighted by atomic mass is 9.92. The van der Waals surface area contributed by atoms with E-state index < -0.39 is 0 Å². The molecule has 0 saturated heterocycles. The number of aromatic amines is 1. The average molecular weight is 380 g/mol. The largest absolute Gasteiger partial charge is 0.507 e. The number of methoxy groups -OCH3 is 1. The molecule has 1 aromatic heterocycles. The molecule has 2 N–H and O–H groups in total. The summed E-state index contributed by atoms with van der Waals surface area (Å²) in [6, 6.07) is 9.47. The zero-order chi connectivity index (χ0) is 19.7. The minimum Gasteiger partial charge on any atom is -0.507 e. The Morgan fingerprint density at radius 2 is 1.93 bits per heavy atom. The van der Waals surface area contributed by atoms with Crippen LogP contribution in [-0.4, -0.2) is 35.6 Å². The number of fused-ring (bicyclic) bond motifs is 1. The smallest absolute Gasteiger partial charge is 0.161 e. The molecule has 1 atom stereocenters. The first-order valence-corrected chi connectivity index (χ1v) is 9.47. The number of nitrogens with zero attached hydrogens (tertiary/aromatic N) is 1. The van der Waals surface area contributed by atoms with E-state index in [1.807, 2.05) is 24.3 Å². The van der Waals surface area contributed by atoms with Crippen molar-refractivity contribution >= 4 is 0 Å². The molecule has 0 fully saturated rings. The first-order valence-electron chi connectivity index (χ1n) is 9.47. The van der Waals surface area contributed by atoms with Crippen LogP contribution in [0.1, 0.15) is 31.7 Å². The number of H-pyrrole nitrogens is 1. The van der Waals surface area contributed by atoms with Crippen LogP contribution in [0.2, 0.25) is 0 Å². The van der Waals surface area contributed by atoms with Gasteiger partial charge in [-0.2, -0.15) is 5.10 Å². The minimum absolute atomic E-state index is 0.145. The SMILES string of the molecule is CCC(C)c1cc(-c2[nH]ncc2-c2ccc3c(c2)OCCO3)c(O)cc1OC. The lowest BCUT2D eigenvalue weighted by Crippen LogP contribution is -2.15. The number of phenols is 1. The normalized spacial score (nSPS) is 14.0. The lowest BCUT2D eigenvalue weighted by molar-refractivity contribution is 0.171. The Hall–Kier alpha value is -3.15. The van der Waals surface area contributed by atoms with Crippen LogP contribution in [0.5, 0.6) is 23.0 Å². The summed E-state index contributed by atoms with van der Waals surface area (Å²) in [5.74, 6) is 2.60. The van der Waals surface area contributed by atoms with Gasteiger partial charge in [-0.25, -0.2) is 0 Å². The van der Waals surface area contributed by atoms with Gasteiger partial charge in [-0.05, 0) is 41.7 Å². The predicted molar refractivity (Wildman–Crippen MR) is 107 cm³/mol. The molecule has 0 spiro atoms. The van der Waals surface area contributed by atoms with Crippen LogP contribution in [0.25, 0.3) is 22.4 Å². The highest BCUT2D eigenvalue weighted by Crippen LogP contribution is 2.43. The zero-order valence-corrected chi connectivity index (χ0v) is 16.3. The van der Waals surface area contributed by atoms with E-state index in [0.29, 0.717) is 30.4 Å². The monoisotopic (exact) mass is 380 g/mol. The third-order valence-electron chi connectivity index (χ3n) is 5.25. The molecular formula is C22H24N2O4. The molecule has 0 bridgehead atoms. The van der Waals surface area contributed by atoms with Crippen LogP contribution < -0.4 is 14.2 Å². The number of rotatable bonds is 5. The molecule has 1 aliphatic heterocycles. The van der Waals surface area contributed by atoms with Crippen LogP contribution in [-0.2, 0) is 0 Å². The number of hydrogen-bond donors (Lipinski definition) is 2. The predicted octanol–water partition coefficient (Wildman–Crippen LogP) is 4.74. The molecule has 0 aliphatic carbocycles. The van der Waals surface area contributed by atoms with E-state index in [-0.39, 0.29) is 5.75 Å². The Morgan fingerprint density at radius 3 is 2.68 bits per heavy atom. The fourth-order valence-corrected chi connectivity index (χ4v) is 3.49. The molecule has 0 amide bonds. The summed E-state index contributed by atoms with van der Waals surface area (Å²) in [5, 5.41) is 17.9. The van der Waals surface area contributed by atoms with Crippen molar-refractivity contribution in [1.29, 1.82) is 0 Å². The molecule has 0 saturated carbocycles. The van der Waals surface area contributed by atoms with E-state index >= 15 is 0 Å². The quantitative estimate of drug-likeness (QED) is 0.668. The van der Waals surface area contributed by atoms with E-state index in [1.165, 1.54) is 0 Å². The highest BCUT2D eigenvalue weighted by molar-refractivity contribution is 5.84. The maximum absolute atomic E-state index is 10.7. The third kappa shape index (κ3) is 3.15. The summed E-state index contributed by atoms with van der Waals surface area (Å²) >= 11 is 0. The van der Waals surface area contributed by atoms with Crippen LogP contribution in [0.4, 0.5) is 0 Å². The van der Waals surface area contributed by atoms with E-state index in [1.54, 1.807) is 19.4 Å². The summed E-state index contributed by atoms with van der Waals surface area (Å²) in [7, 11) is 1.62. The van der Waals surface area contributed by atoms with Crippen LogP contribution in [0, 0.1) is 0 Å². The second-order valence-corrected chi connectivity index (χ2v) is 6.94. The van der Waals surface area contributed by atoms with Gasteiger partial charge in [0.15, 0.2) is 11.5 Å². The van der Waals surface area contributed by atoms with Gasteiger partial charge in [-0.15, -0.1) is 0 Å². The van der Waals surface area contributed by atoms with E-state index in [9.17, 15) is 5.11 Å². The highest BCUT2D eigenvalue weighted by Gasteiger charge is 2.20. The summed E-state index contributed by atoms with van der Waals surface area (Å²) in [4.78, 5) is 0. The van der Waals surface area contributed by atoms with Gasteiger partial charge in [0.25, 0.3) is 0 Å². The van der Waals surface area contributed by atoms with E-state index in [2.05, 4.69) is 24.0 Å². The van der Waals surface area contributed by atoms with Gasteiger partial charge in [-0.1, -0.05) is 19.9 Å². The summed E-state index contributed by atoms with van der Waals surface area (Å²) in [6.07, 6.45) is 2.73. The molecule has 28 heavy (non-hydrogen) atoms. The number of aromatic hydroxyl groups is 1. The zero-order valence-electron chi connectivity index (χ0n) is 16.3. The molecule has 6 heteroatoms. The molecule has 4 rings (SSSR count). The lowest BCUT2D eigenvalue weighted by Gasteiger charge is -2.19. The highest BCUT2D eigenvalue weighted by atomic mass is 16.6. The maximum atomic E-state index is 10.7. The van der Waals surface area contributed by atoms with Crippen molar-refractivity contribution in [1.82, 2.24) is 10.2 Å². The van der Waals surface area contributed by atoms with E-state index in [4.69, 9.17) is 14.2 Å². The third-order valence-corrected chi connectivity index (χ3v) is 5.25. The van der Waals surface area contributed by atoms with Gasteiger partial charge >= 0.3 is 0 Å². The first kappa shape index (κ1) is 18.2. The Labute approximate surface area is 164 Å². The van der Waals surface area contributed by atoms with Gasteiger partial charge in [0.1, 0.15) is 24.7 Å². The molecule has 1 aliphatic rings. The molecule has 2 aromatic carbocycles. The Bertz CT molecular complexity index is 996. The van der Waals surface area contributed by atoms with Crippen molar-refractivity contribution in [3.8, 4) is 45.4 Å². The van der Waals surface area contributed by atoms with Gasteiger partial charge in [0, 0.05) is 17.2 Å². The first-order chi connectivity index (χ1) is 13.6. The standard InChI is InChI=1S/C22H24N2O4/c1-4-13(2)15-10-16(18(25)11-20(15)26-3)22-17(12-23-24-22)14-5-6-19-21(9-14)28-8-7-27-19/h5-6,9-13,25H,4,7-8H2,1-3H3,(H,23,24). The second-order valence-electron chi connectivity index (χ2n) is 6.94. The molecule has 2 heterocycles. The number of nitrogens with one attached hydrogen (secondary N) is 1. The Morgan fingerprint density at radius 1 is 1.14 bits per heavy atom. The average Bonchev–Trinajstić information content (AvgIpc) is 3.22. The molecule has 3 aromatic rings. The Balaban J connectivity index is 1.81. The van der Waals surface area contributed by atoms with Gasteiger partial charge < -0.3 is 19.3 Å². The second kappa shape index (κ2) is 7.46. The topological polar surface area (TPSA) is 76.6 Å². The summed E-state index contributed by atoms with van der Waals surface area (Å²) in [6.45, 7) is 5.37. The van der Waals surface area contributed by atoms with Crippen molar-refractivity contribution in [2.45, 2.75) is 26.2 Å². The molecule has 0 radical (unpaired) electrons. The van der Waals surface area contributed by atoms with Crippen LogP contribution in [0.3, 0.4) is 0 Å². The fraction of sp³-hybridized carbons (Fsp3) is 0.318. The Kier molecular flexibility index (Phi) is 4.86. The van der Waals surface area contributed by atoms with Crippen molar-refractivity contribution in [3.63, 3.8) is 0 Å². The van der Waals surface area contributed by atoms with E-state index in [0.717, 1.165) is 40.3 Å². The number of aromatic nitrogens is 2. The van der Waals surface area contributed by atoms with Gasteiger partial charge in [-0.3, -0.25) is 5.10 Å². The summed E-state index contributed by atoms with van der Waals surface area (Å²) < 4.78 is 16.8. The number of hydrogen-bond acceptors (Lipinski definition) is 5. The van der Waals surface area contributed by atoms with Gasteiger partial charge in [0.05, 0.1) is 19.0 Å². The number of phenolic OH excluding ortho intramolecular Hbond substituents is 1. The van der Waals surface area contributed by atoms with Crippen molar-refractivity contribution in [3.05, 3.63) is 42.1 Å². The van der Waals surface area contributed by atoms with Crippen LogP contribution in [0.15, 0.2) is 36.5 Å². The molecule has 146 valence electrons. The van der Waals surface area contributed by atoms with Crippen molar-refractivity contribution in [2.75, 3.05) is 20.3 Å². The summed E-state index contributed by atoms with van der Waals surface area (Å²) in [5.41, 5.74) is 4.32. The van der Waals surface area contributed by atoms with Gasteiger partial charge in [0.2, 0.25) is 0 Å². The maximum Gasteiger partial charge on any atom is 0.161 e. The number of ether oxygens (including phenoxy) is 3. The molecular weight excluding hydrogens is 356 g/mol. The molecule has 6 nitrogen and oxygen atoms in total. The van der Waals surface area contributed by atoms with Crippen molar-refractivity contribution in [2.24, 2.45) is 0 Å². The van der Waals surface area contributed by atoms with Crippen LogP contribution >= 0.6 is 0 Å².